The predicted molar refractivity (Wildman–Crippen MR) is 68.3 cm³/mol. The first-order chi connectivity index (χ1) is 8.75. The van der Waals surface area contributed by atoms with Gasteiger partial charge in [0.25, 0.3) is 0 Å². The van der Waals surface area contributed by atoms with Crippen molar-refractivity contribution in [1.82, 2.24) is 3.97 Å². The van der Waals surface area contributed by atoms with Crippen molar-refractivity contribution in [3.8, 4) is 0 Å². The summed E-state index contributed by atoms with van der Waals surface area (Å²) in [7, 11) is -3.70. The van der Waals surface area contributed by atoms with Crippen LogP contribution in [0.2, 0.25) is 0 Å². The maximum atomic E-state index is 13.2. The maximum Gasteiger partial charge on any atom is 0.337 e. The number of hydrogen-bond acceptors (Lipinski definition) is 3. The first kappa shape index (κ1) is 13.5. The molecule has 1 heterocycles. The Bertz CT molecular complexity index is 761. The fourth-order valence-electron chi connectivity index (χ4n) is 1.78. The summed E-state index contributed by atoms with van der Waals surface area (Å²) in [5.41, 5.74) is -0.0776. The van der Waals surface area contributed by atoms with E-state index >= 15 is 0 Å². The summed E-state index contributed by atoms with van der Waals surface area (Å²) in [6.45, 7) is 2.98. The number of hydrogen-bond donors (Lipinski definition) is 1. The van der Waals surface area contributed by atoms with E-state index in [2.05, 4.69) is 0 Å². The predicted octanol–water partition coefficient (Wildman–Crippen LogP) is 2.06. The summed E-state index contributed by atoms with van der Waals surface area (Å²) >= 11 is 0. The molecule has 0 fully saturated rings. The van der Waals surface area contributed by atoms with Crippen LogP contribution in [0.4, 0.5) is 4.39 Å². The molecule has 1 aromatic carbocycles. The average molecular weight is 285 g/mol. The highest BCUT2D eigenvalue weighted by molar-refractivity contribution is 7.90. The molecule has 0 amide bonds. The van der Waals surface area contributed by atoms with Crippen LogP contribution < -0.4 is 0 Å². The number of halogens is 1. The van der Waals surface area contributed by atoms with Crippen molar-refractivity contribution in [2.24, 2.45) is 0 Å². The van der Waals surface area contributed by atoms with Gasteiger partial charge in [-0.3, -0.25) is 0 Å². The Morgan fingerprint density at radius 1 is 1.37 bits per heavy atom. The van der Waals surface area contributed by atoms with E-state index in [1.54, 1.807) is 0 Å². The van der Waals surface area contributed by atoms with E-state index in [9.17, 15) is 17.6 Å². The van der Waals surface area contributed by atoms with Crippen LogP contribution >= 0.6 is 0 Å². The van der Waals surface area contributed by atoms with E-state index in [-0.39, 0.29) is 16.5 Å². The molecule has 7 heteroatoms. The summed E-state index contributed by atoms with van der Waals surface area (Å²) in [5.74, 6) is -1.91. The quantitative estimate of drug-likeness (QED) is 0.936. The second kappa shape index (κ2) is 4.34. The van der Waals surface area contributed by atoms with E-state index in [1.165, 1.54) is 19.9 Å². The smallest absolute Gasteiger partial charge is 0.337 e. The van der Waals surface area contributed by atoms with Crippen LogP contribution in [-0.4, -0.2) is 28.7 Å². The summed E-state index contributed by atoms with van der Waals surface area (Å²) in [5, 5.41) is 8.41. The minimum absolute atomic E-state index is 0.0664. The van der Waals surface area contributed by atoms with Crippen molar-refractivity contribution in [2.75, 3.05) is 0 Å². The summed E-state index contributed by atoms with van der Waals surface area (Å²) in [6, 6.07) is 3.38. The minimum atomic E-state index is -3.70. The lowest BCUT2D eigenvalue weighted by atomic mass is 10.2. The zero-order valence-electron chi connectivity index (χ0n) is 10.3. The molecule has 0 bridgehead atoms. The lowest BCUT2D eigenvalue weighted by molar-refractivity contribution is 0.0699. The number of nitrogens with zero attached hydrogens (tertiary/aromatic N) is 1. The van der Waals surface area contributed by atoms with Crippen LogP contribution in [0, 0.1) is 5.82 Å². The zero-order chi connectivity index (χ0) is 14.4. The number of carboxylic acids is 1. The van der Waals surface area contributed by atoms with Gasteiger partial charge in [-0.1, -0.05) is 0 Å². The van der Waals surface area contributed by atoms with Crippen molar-refractivity contribution in [2.45, 2.75) is 19.1 Å². The first-order valence-electron chi connectivity index (χ1n) is 5.53. The Balaban J connectivity index is 2.88. The molecule has 0 aliphatic rings. The molecule has 0 unspecified atom stereocenters. The van der Waals surface area contributed by atoms with Crippen LogP contribution in [0.3, 0.4) is 0 Å². The Morgan fingerprint density at radius 3 is 2.53 bits per heavy atom. The van der Waals surface area contributed by atoms with E-state index in [0.29, 0.717) is 0 Å². The highest BCUT2D eigenvalue weighted by Gasteiger charge is 2.24. The molecule has 0 radical (unpaired) electrons. The molecule has 5 nitrogen and oxygen atoms in total. The Kier molecular flexibility index (Phi) is 3.09. The summed E-state index contributed by atoms with van der Waals surface area (Å²) < 4.78 is 38.4. The van der Waals surface area contributed by atoms with Crippen molar-refractivity contribution in [3.05, 3.63) is 35.8 Å². The number of rotatable bonds is 3. The van der Waals surface area contributed by atoms with Crippen LogP contribution in [0.1, 0.15) is 24.2 Å². The SMILES string of the molecule is CC(C)S(=O)(=O)n1cc(C(=O)O)c2cc(F)ccc21. The molecule has 0 aliphatic carbocycles. The molecule has 2 aromatic rings. The van der Waals surface area contributed by atoms with Gasteiger partial charge in [-0.25, -0.2) is 21.6 Å². The Hall–Kier alpha value is -1.89. The third-order valence-electron chi connectivity index (χ3n) is 2.83. The molecule has 0 aliphatic heterocycles. The molecule has 0 spiro atoms. The fraction of sp³-hybridized carbons (Fsp3) is 0.250. The summed E-state index contributed by atoms with van der Waals surface area (Å²) in [6.07, 6.45) is 1.02. The number of aromatic nitrogens is 1. The van der Waals surface area contributed by atoms with Gasteiger partial charge in [-0.15, -0.1) is 0 Å². The molecule has 0 saturated heterocycles. The maximum absolute atomic E-state index is 13.2. The molecule has 0 atom stereocenters. The standard InChI is InChI=1S/C12H12FNO4S/c1-7(2)19(17,18)14-6-10(12(15)16)9-5-8(13)3-4-11(9)14/h3-7H,1-2H3,(H,15,16). The lowest BCUT2D eigenvalue weighted by Gasteiger charge is -2.10. The number of carboxylic acid groups (broad SMARTS) is 1. The van der Waals surface area contributed by atoms with Crippen LogP contribution in [0.25, 0.3) is 10.9 Å². The van der Waals surface area contributed by atoms with Crippen LogP contribution in [-0.2, 0) is 10.0 Å². The third kappa shape index (κ3) is 2.10. The van der Waals surface area contributed by atoms with Gasteiger partial charge in [0.1, 0.15) is 5.82 Å². The normalized spacial score (nSPS) is 12.2. The van der Waals surface area contributed by atoms with Gasteiger partial charge in [0.2, 0.25) is 10.0 Å². The molecule has 2 rings (SSSR count). The van der Waals surface area contributed by atoms with E-state index in [0.717, 1.165) is 22.3 Å². The van der Waals surface area contributed by atoms with Gasteiger partial charge in [0.05, 0.1) is 16.3 Å². The highest BCUT2D eigenvalue weighted by Crippen LogP contribution is 2.25. The number of aromatic carboxylic acids is 1. The van der Waals surface area contributed by atoms with E-state index in [4.69, 9.17) is 5.11 Å². The van der Waals surface area contributed by atoms with Gasteiger partial charge in [0.15, 0.2) is 0 Å². The fourth-order valence-corrected chi connectivity index (χ4v) is 2.92. The van der Waals surface area contributed by atoms with Crippen molar-refractivity contribution in [1.29, 1.82) is 0 Å². The second-order valence-corrected chi connectivity index (χ2v) is 6.77. The van der Waals surface area contributed by atoms with Crippen LogP contribution in [0.15, 0.2) is 24.4 Å². The summed E-state index contributed by atoms with van der Waals surface area (Å²) in [4.78, 5) is 11.1. The monoisotopic (exact) mass is 285 g/mol. The van der Waals surface area contributed by atoms with Gasteiger partial charge >= 0.3 is 5.97 Å². The molecular formula is C12H12FNO4S. The van der Waals surface area contributed by atoms with Gasteiger partial charge in [-0.2, -0.15) is 0 Å². The molecule has 19 heavy (non-hydrogen) atoms. The van der Waals surface area contributed by atoms with Gasteiger partial charge in [-0.05, 0) is 32.0 Å². The zero-order valence-corrected chi connectivity index (χ0v) is 11.1. The van der Waals surface area contributed by atoms with E-state index in [1.807, 2.05) is 0 Å². The van der Waals surface area contributed by atoms with Crippen molar-refractivity contribution >= 4 is 26.9 Å². The third-order valence-corrected chi connectivity index (χ3v) is 4.87. The second-order valence-electron chi connectivity index (χ2n) is 4.40. The van der Waals surface area contributed by atoms with Gasteiger partial charge < -0.3 is 5.11 Å². The molecule has 1 N–H and O–H groups in total. The topological polar surface area (TPSA) is 76.4 Å². The number of carbonyl (C=O) groups is 1. The largest absolute Gasteiger partial charge is 0.478 e. The molecular weight excluding hydrogens is 273 g/mol. The number of fused-ring (bicyclic) bond motifs is 1. The van der Waals surface area contributed by atoms with Crippen LogP contribution in [0.5, 0.6) is 0 Å². The van der Waals surface area contributed by atoms with E-state index < -0.39 is 27.1 Å². The van der Waals surface area contributed by atoms with Crippen molar-refractivity contribution in [3.63, 3.8) is 0 Å². The molecule has 102 valence electrons. The Labute approximate surface area is 109 Å². The average Bonchev–Trinajstić information content (AvgIpc) is 2.67. The van der Waals surface area contributed by atoms with Gasteiger partial charge in [0, 0.05) is 11.6 Å². The highest BCUT2D eigenvalue weighted by atomic mass is 32.2. The first-order valence-corrected chi connectivity index (χ1v) is 7.03. The minimum Gasteiger partial charge on any atom is -0.478 e. The Morgan fingerprint density at radius 2 is 2.00 bits per heavy atom. The number of benzene rings is 1. The molecule has 1 aromatic heterocycles. The molecule has 0 saturated carbocycles. The lowest BCUT2D eigenvalue weighted by Crippen LogP contribution is -2.21. The van der Waals surface area contributed by atoms with Crippen molar-refractivity contribution < 1.29 is 22.7 Å².